The molecule has 0 spiro atoms. The van der Waals surface area contributed by atoms with Crippen molar-refractivity contribution < 1.29 is 9.53 Å². The van der Waals surface area contributed by atoms with Crippen molar-refractivity contribution in [3.8, 4) is 5.75 Å². The molecule has 6 nitrogen and oxygen atoms in total. The molecule has 2 heterocycles. The Kier molecular flexibility index (Phi) is 5.61. The summed E-state index contributed by atoms with van der Waals surface area (Å²) in [6.07, 6.45) is 2.84. The first kappa shape index (κ1) is 18.5. The monoisotopic (exact) mass is 356 g/mol. The van der Waals surface area contributed by atoms with Gasteiger partial charge in [-0.05, 0) is 45.5 Å². The molecule has 1 amide bonds. The topological polar surface area (TPSA) is 50.6 Å². The number of carbonyl (C=O) groups excluding carboxylic acids is 1. The van der Waals surface area contributed by atoms with Gasteiger partial charge in [0.15, 0.2) is 0 Å². The number of aryl methyl sites for hydroxylation is 1. The van der Waals surface area contributed by atoms with E-state index in [1.165, 1.54) is 0 Å². The van der Waals surface area contributed by atoms with E-state index in [1.807, 2.05) is 29.4 Å². The highest BCUT2D eigenvalue weighted by Gasteiger charge is 2.24. The fourth-order valence-electron chi connectivity index (χ4n) is 3.18. The van der Waals surface area contributed by atoms with Crippen molar-refractivity contribution in [2.24, 2.45) is 0 Å². The highest BCUT2D eigenvalue weighted by molar-refractivity contribution is 5.94. The first-order chi connectivity index (χ1) is 12.5. The van der Waals surface area contributed by atoms with E-state index in [0.717, 1.165) is 37.4 Å². The Morgan fingerprint density at radius 3 is 2.88 bits per heavy atom. The summed E-state index contributed by atoms with van der Waals surface area (Å²) in [6, 6.07) is 7.82. The van der Waals surface area contributed by atoms with Gasteiger partial charge >= 0.3 is 0 Å². The Hall–Kier alpha value is -2.34. The molecule has 3 rings (SSSR count). The van der Waals surface area contributed by atoms with Crippen LogP contribution in [-0.4, -0.2) is 52.0 Å². The summed E-state index contributed by atoms with van der Waals surface area (Å²) in [5.41, 5.74) is 2.87. The molecule has 0 unspecified atom stereocenters. The number of amides is 1. The molecule has 1 aromatic carbocycles. The maximum absolute atomic E-state index is 13.0. The van der Waals surface area contributed by atoms with Gasteiger partial charge in [0, 0.05) is 31.2 Å². The van der Waals surface area contributed by atoms with Crippen molar-refractivity contribution in [3.63, 3.8) is 0 Å². The third-order valence-corrected chi connectivity index (χ3v) is 5.09. The van der Waals surface area contributed by atoms with Crippen LogP contribution in [0.4, 0.5) is 0 Å². The van der Waals surface area contributed by atoms with Gasteiger partial charge in [-0.2, -0.15) is 0 Å². The first-order valence-corrected chi connectivity index (χ1v) is 9.16. The minimum atomic E-state index is 0.0433. The van der Waals surface area contributed by atoms with Crippen molar-refractivity contribution >= 4 is 5.91 Å². The van der Waals surface area contributed by atoms with Gasteiger partial charge in [0.2, 0.25) is 0 Å². The predicted octanol–water partition coefficient (Wildman–Crippen LogP) is 2.78. The van der Waals surface area contributed by atoms with Gasteiger partial charge in [-0.3, -0.25) is 9.69 Å². The van der Waals surface area contributed by atoms with Crippen molar-refractivity contribution in [2.75, 3.05) is 20.7 Å². The molecule has 0 saturated heterocycles. The maximum Gasteiger partial charge on any atom is 0.254 e. The summed E-state index contributed by atoms with van der Waals surface area (Å²) in [4.78, 5) is 21.8. The Morgan fingerprint density at radius 2 is 2.15 bits per heavy atom. The molecule has 0 fully saturated rings. The smallest absolute Gasteiger partial charge is 0.254 e. The average molecular weight is 356 g/mol. The van der Waals surface area contributed by atoms with Gasteiger partial charge in [0.05, 0.1) is 31.4 Å². The molecule has 0 N–H and O–H groups in total. The van der Waals surface area contributed by atoms with E-state index in [1.54, 1.807) is 13.2 Å². The van der Waals surface area contributed by atoms with E-state index in [-0.39, 0.29) is 5.91 Å². The standard InChI is InChI=1S/C20H28N4O2/c1-15(2)22(3)12-18-19-13-23(9-6-10-24(19)14-21-18)20(25)16-7-5-8-17(11-16)26-4/h5,7-8,11,14-15H,6,9-10,12-13H2,1-4H3. The average Bonchev–Trinajstić information content (AvgIpc) is 2.88. The third-order valence-electron chi connectivity index (χ3n) is 5.09. The van der Waals surface area contributed by atoms with E-state index in [4.69, 9.17) is 4.74 Å². The highest BCUT2D eigenvalue weighted by Crippen LogP contribution is 2.21. The summed E-state index contributed by atoms with van der Waals surface area (Å²) in [7, 11) is 3.72. The zero-order valence-corrected chi connectivity index (χ0v) is 16.1. The van der Waals surface area contributed by atoms with Crippen molar-refractivity contribution in [3.05, 3.63) is 47.5 Å². The molecule has 1 aliphatic rings. The molecular formula is C20H28N4O2. The summed E-state index contributed by atoms with van der Waals surface area (Å²) in [5, 5.41) is 0. The highest BCUT2D eigenvalue weighted by atomic mass is 16.5. The molecule has 2 aromatic rings. The van der Waals surface area contributed by atoms with Gasteiger partial charge in [-0.1, -0.05) is 6.07 Å². The normalized spacial score (nSPS) is 14.5. The number of imidazole rings is 1. The molecular weight excluding hydrogens is 328 g/mol. The number of carbonyl (C=O) groups is 1. The van der Waals surface area contributed by atoms with Crippen LogP contribution in [0, 0.1) is 0 Å². The van der Waals surface area contributed by atoms with Crippen LogP contribution in [0.15, 0.2) is 30.6 Å². The molecule has 0 saturated carbocycles. The number of ether oxygens (including phenoxy) is 1. The Balaban J connectivity index is 1.82. The Labute approximate surface area is 155 Å². The summed E-state index contributed by atoms with van der Waals surface area (Å²) < 4.78 is 7.45. The van der Waals surface area contributed by atoms with E-state index < -0.39 is 0 Å². The van der Waals surface area contributed by atoms with Crippen molar-refractivity contribution in [2.45, 2.75) is 45.9 Å². The maximum atomic E-state index is 13.0. The zero-order chi connectivity index (χ0) is 18.7. The van der Waals surface area contributed by atoms with E-state index in [9.17, 15) is 4.79 Å². The predicted molar refractivity (Wildman–Crippen MR) is 101 cm³/mol. The summed E-state index contributed by atoms with van der Waals surface area (Å²) >= 11 is 0. The second-order valence-electron chi connectivity index (χ2n) is 7.15. The second kappa shape index (κ2) is 7.91. The largest absolute Gasteiger partial charge is 0.497 e. The number of methoxy groups -OCH3 is 1. The molecule has 26 heavy (non-hydrogen) atoms. The number of hydrogen-bond donors (Lipinski definition) is 0. The third kappa shape index (κ3) is 3.90. The van der Waals surface area contributed by atoms with Crippen LogP contribution in [0.25, 0.3) is 0 Å². The second-order valence-corrected chi connectivity index (χ2v) is 7.15. The lowest BCUT2D eigenvalue weighted by Crippen LogP contribution is -2.32. The Bertz CT molecular complexity index is 769. The first-order valence-electron chi connectivity index (χ1n) is 9.16. The summed E-state index contributed by atoms with van der Waals surface area (Å²) in [5.74, 6) is 0.747. The van der Waals surface area contributed by atoms with Gasteiger partial charge in [0.25, 0.3) is 5.91 Å². The summed E-state index contributed by atoms with van der Waals surface area (Å²) in [6.45, 7) is 7.38. The number of hydrogen-bond acceptors (Lipinski definition) is 4. The molecule has 1 aromatic heterocycles. The quantitative estimate of drug-likeness (QED) is 0.827. The van der Waals surface area contributed by atoms with Gasteiger partial charge in [-0.15, -0.1) is 0 Å². The SMILES string of the molecule is COc1cccc(C(=O)N2CCCn3cnc(CN(C)C(C)C)c3C2)c1. The van der Waals surface area contributed by atoms with Crippen LogP contribution in [-0.2, 0) is 19.6 Å². The number of nitrogens with zero attached hydrogens (tertiary/aromatic N) is 4. The fraction of sp³-hybridized carbons (Fsp3) is 0.500. The van der Waals surface area contributed by atoms with E-state index >= 15 is 0 Å². The molecule has 140 valence electrons. The van der Waals surface area contributed by atoms with E-state index in [0.29, 0.717) is 23.9 Å². The van der Waals surface area contributed by atoms with Gasteiger partial charge in [0.1, 0.15) is 5.75 Å². The van der Waals surface area contributed by atoms with Crippen LogP contribution >= 0.6 is 0 Å². The van der Waals surface area contributed by atoms with Crippen molar-refractivity contribution in [1.29, 1.82) is 0 Å². The van der Waals surface area contributed by atoms with Gasteiger partial charge < -0.3 is 14.2 Å². The van der Waals surface area contributed by atoms with Crippen LogP contribution < -0.4 is 4.74 Å². The number of aromatic nitrogens is 2. The number of benzene rings is 1. The molecule has 0 radical (unpaired) electrons. The van der Waals surface area contributed by atoms with Crippen molar-refractivity contribution in [1.82, 2.24) is 19.4 Å². The van der Waals surface area contributed by atoms with Crippen LogP contribution in [0.5, 0.6) is 5.75 Å². The molecule has 0 bridgehead atoms. The minimum Gasteiger partial charge on any atom is -0.497 e. The lowest BCUT2D eigenvalue weighted by molar-refractivity contribution is 0.0744. The molecule has 0 atom stereocenters. The van der Waals surface area contributed by atoms with Gasteiger partial charge in [-0.25, -0.2) is 4.98 Å². The fourth-order valence-corrected chi connectivity index (χ4v) is 3.18. The molecule has 0 aliphatic carbocycles. The zero-order valence-electron chi connectivity index (χ0n) is 16.1. The molecule has 1 aliphatic heterocycles. The molecule has 6 heteroatoms. The number of fused-ring (bicyclic) bond motifs is 1. The lowest BCUT2D eigenvalue weighted by Gasteiger charge is -2.23. The van der Waals surface area contributed by atoms with Crippen LogP contribution in [0.2, 0.25) is 0 Å². The Morgan fingerprint density at radius 1 is 1.35 bits per heavy atom. The lowest BCUT2D eigenvalue weighted by atomic mass is 10.1. The minimum absolute atomic E-state index is 0.0433. The number of rotatable bonds is 5. The van der Waals surface area contributed by atoms with Crippen LogP contribution in [0.1, 0.15) is 42.0 Å². The van der Waals surface area contributed by atoms with Crippen LogP contribution in [0.3, 0.4) is 0 Å². The van der Waals surface area contributed by atoms with E-state index in [2.05, 4.69) is 35.3 Å².